The maximum Gasteiger partial charge on any atom is 0.234 e. The van der Waals surface area contributed by atoms with E-state index in [2.05, 4.69) is 36.6 Å². The predicted molar refractivity (Wildman–Crippen MR) is 123 cm³/mol. The number of thioether (sulfide) groups is 1. The molecule has 2 amide bonds. The summed E-state index contributed by atoms with van der Waals surface area (Å²) < 4.78 is 2.68. The fourth-order valence-corrected chi connectivity index (χ4v) is 3.81. The van der Waals surface area contributed by atoms with E-state index in [9.17, 15) is 9.59 Å². The number of carbonyl (C=O) groups excluding carboxylic acids is 2. The molecule has 0 bridgehead atoms. The minimum Gasteiger partial charge on any atom is -0.351 e. The summed E-state index contributed by atoms with van der Waals surface area (Å²) in [4.78, 5) is 28.4. The lowest BCUT2D eigenvalue weighted by molar-refractivity contribution is -0.118. The first-order valence-corrected chi connectivity index (χ1v) is 11.2. The molecule has 30 heavy (non-hydrogen) atoms. The molecule has 3 rings (SSSR count). The van der Waals surface area contributed by atoms with E-state index in [1.165, 1.54) is 11.8 Å². The highest BCUT2D eigenvalue weighted by Gasteiger charge is 2.08. The van der Waals surface area contributed by atoms with Crippen molar-refractivity contribution in [3.8, 4) is 5.82 Å². The molecule has 0 atom stereocenters. The van der Waals surface area contributed by atoms with Crippen molar-refractivity contribution in [2.24, 2.45) is 0 Å². The molecule has 0 aliphatic heterocycles. The van der Waals surface area contributed by atoms with E-state index in [4.69, 9.17) is 0 Å². The van der Waals surface area contributed by atoms with Crippen LogP contribution in [0.5, 0.6) is 0 Å². The minimum atomic E-state index is -0.144. The van der Waals surface area contributed by atoms with E-state index in [0.717, 1.165) is 32.9 Å². The number of pyridine rings is 1. The Hall–Kier alpha value is -2.65. The number of aryl methyl sites for hydroxylation is 2. The summed E-state index contributed by atoms with van der Waals surface area (Å²) in [6.07, 6.45) is 1.73. The number of benzene rings is 1. The molecule has 1 aromatic carbocycles. The van der Waals surface area contributed by atoms with Crippen LogP contribution in [0.3, 0.4) is 0 Å². The third-order valence-corrected chi connectivity index (χ3v) is 5.53. The number of halogens is 1. The molecule has 3 aromatic rings. The predicted octanol–water partition coefficient (Wildman–Crippen LogP) is 3.63. The first-order valence-electron chi connectivity index (χ1n) is 9.29. The Morgan fingerprint density at radius 1 is 1.10 bits per heavy atom. The fraction of sp³-hybridized carbons (Fsp3) is 0.238. The van der Waals surface area contributed by atoms with Gasteiger partial charge in [0, 0.05) is 28.6 Å². The molecule has 2 aromatic heterocycles. The molecule has 7 nitrogen and oxygen atoms in total. The van der Waals surface area contributed by atoms with Crippen LogP contribution >= 0.6 is 27.7 Å². The molecule has 2 heterocycles. The van der Waals surface area contributed by atoms with E-state index >= 15 is 0 Å². The summed E-state index contributed by atoms with van der Waals surface area (Å²) >= 11 is 4.63. The van der Waals surface area contributed by atoms with Gasteiger partial charge in [-0.15, -0.1) is 11.8 Å². The Kier molecular flexibility index (Phi) is 7.64. The second-order valence-electron chi connectivity index (χ2n) is 6.69. The normalized spacial score (nSPS) is 10.6. The van der Waals surface area contributed by atoms with E-state index < -0.39 is 0 Å². The van der Waals surface area contributed by atoms with Crippen molar-refractivity contribution >= 4 is 45.2 Å². The standard InChI is InChI=1S/C21H22BrN5O2S/c1-14-8-15(2)27(26-14)19-7-6-16(10-23-19)11-24-20(28)12-30-13-21(29)25-18-5-3-4-17(22)9-18/h3-10H,11-13H2,1-2H3,(H,24,28)(H,25,29). The number of aromatic nitrogens is 3. The lowest BCUT2D eigenvalue weighted by atomic mass is 10.3. The minimum absolute atomic E-state index is 0.127. The van der Waals surface area contributed by atoms with Gasteiger partial charge in [-0.1, -0.05) is 28.1 Å². The van der Waals surface area contributed by atoms with Crippen LogP contribution in [0.25, 0.3) is 5.82 Å². The highest BCUT2D eigenvalue weighted by atomic mass is 79.9. The summed E-state index contributed by atoms with van der Waals surface area (Å²) in [6.45, 7) is 4.30. The maximum atomic E-state index is 12.0. The smallest absolute Gasteiger partial charge is 0.234 e. The molecule has 2 N–H and O–H groups in total. The SMILES string of the molecule is Cc1cc(C)n(-c2ccc(CNC(=O)CSCC(=O)Nc3cccc(Br)c3)cn2)n1. The van der Waals surface area contributed by atoms with Gasteiger partial charge >= 0.3 is 0 Å². The van der Waals surface area contributed by atoms with Gasteiger partial charge in [0.25, 0.3) is 0 Å². The average molecular weight is 488 g/mol. The van der Waals surface area contributed by atoms with Crippen LogP contribution in [0.2, 0.25) is 0 Å². The van der Waals surface area contributed by atoms with E-state index in [0.29, 0.717) is 6.54 Å². The second kappa shape index (κ2) is 10.4. The number of nitrogens with one attached hydrogen (secondary N) is 2. The quantitative estimate of drug-likeness (QED) is 0.506. The zero-order chi connectivity index (χ0) is 21.5. The van der Waals surface area contributed by atoms with Crippen LogP contribution in [0.4, 0.5) is 5.69 Å². The first-order chi connectivity index (χ1) is 14.4. The fourth-order valence-electron chi connectivity index (χ4n) is 2.76. The lowest BCUT2D eigenvalue weighted by Crippen LogP contribution is -2.25. The Bertz CT molecular complexity index is 1040. The monoisotopic (exact) mass is 487 g/mol. The van der Waals surface area contributed by atoms with E-state index in [-0.39, 0.29) is 23.3 Å². The summed E-state index contributed by atoms with van der Waals surface area (Å²) in [7, 11) is 0. The third-order valence-electron chi connectivity index (χ3n) is 4.10. The largest absolute Gasteiger partial charge is 0.351 e. The number of nitrogens with zero attached hydrogens (tertiary/aromatic N) is 3. The Morgan fingerprint density at radius 3 is 2.57 bits per heavy atom. The first kappa shape index (κ1) is 22.0. The lowest BCUT2D eigenvalue weighted by Gasteiger charge is -2.08. The number of rotatable bonds is 8. The average Bonchev–Trinajstić information content (AvgIpc) is 3.05. The van der Waals surface area contributed by atoms with Crippen LogP contribution in [0.1, 0.15) is 17.0 Å². The molecular formula is C21H22BrN5O2S. The molecule has 0 spiro atoms. The molecule has 156 valence electrons. The molecule has 0 unspecified atom stereocenters. The Morgan fingerprint density at radius 2 is 1.90 bits per heavy atom. The second-order valence-corrected chi connectivity index (χ2v) is 8.59. The summed E-state index contributed by atoms with van der Waals surface area (Å²) in [5, 5.41) is 10.1. The van der Waals surface area contributed by atoms with Crippen molar-refractivity contribution in [2.75, 3.05) is 16.8 Å². The van der Waals surface area contributed by atoms with Crippen molar-refractivity contribution in [3.63, 3.8) is 0 Å². The van der Waals surface area contributed by atoms with Gasteiger partial charge in [0.05, 0.1) is 17.2 Å². The van der Waals surface area contributed by atoms with Crippen molar-refractivity contribution < 1.29 is 9.59 Å². The summed E-state index contributed by atoms with van der Waals surface area (Å²) in [5.74, 6) is 0.887. The number of anilines is 1. The van der Waals surface area contributed by atoms with Crippen molar-refractivity contribution in [1.82, 2.24) is 20.1 Å². The van der Waals surface area contributed by atoms with Gasteiger partial charge in [0.15, 0.2) is 5.82 Å². The third kappa shape index (κ3) is 6.43. The number of carbonyl (C=O) groups is 2. The van der Waals surface area contributed by atoms with Crippen LogP contribution < -0.4 is 10.6 Å². The maximum absolute atomic E-state index is 12.0. The van der Waals surface area contributed by atoms with Gasteiger partial charge in [-0.3, -0.25) is 9.59 Å². The van der Waals surface area contributed by atoms with Crippen molar-refractivity contribution in [1.29, 1.82) is 0 Å². The van der Waals surface area contributed by atoms with Crippen LogP contribution in [0.15, 0.2) is 53.1 Å². The van der Waals surface area contributed by atoms with E-state index in [1.54, 1.807) is 10.9 Å². The summed E-state index contributed by atoms with van der Waals surface area (Å²) in [5.41, 5.74) is 3.57. The molecule has 0 saturated carbocycles. The van der Waals surface area contributed by atoms with Crippen molar-refractivity contribution in [3.05, 3.63) is 70.1 Å². The molecule has 9 heteroatoms. The number of hydrogen-bond donors (Lipinski definition) is 2. The van der Waals surface area contributed by atoms with Crippen LogP contribution in [-0.2, 0) is 16.1 Å². The number of amides is 2. The van der Waals surface area contributed by atoms with Gasteiger partial charge in [0.1, 0.15) is 0 Å². The Balaban J connectivity index is 1.39. The highest BCUT2D eigenvalue weighted by molar-refractivity contribution is 9.10. The number of hydrogen-bond acceptors (Lipinski definition) is 5. The molecule has 0 fully saturated rings. The topological polar surface area (TPSA) is 88.9 Å². The molecule has 0 aliphatic carbocycles. The van der Waals surface area contributed by atoms with Gasteiger partial charge in [-0.25, -0.2) is 9.67 Å². The van der Waals surface area contributed by atoms with Gasteiger partial charge in [-0.05, 0) is 49.7 Å². The van der Waals surface area contributed by atoms with Crippen molar-refractivity contribution in [2.45, 2.75) is 20.4 Å². The van der Waals surface area contributed by atoms with Crippen LogP contribution in [0, 0.1) is 13.8 Å². The summed E-state index contributed by atoms with van der Waals surface area (Å²) in [6, 6.07) is 13.2. The zero-order valence-electron chi connectivity index (χ0n) is 16.7. The highest BCUT2D eigenvalue weighted by Crippen LogP contribution is 2.16. The molecule has 0 saturated heterocycles. The van der Waals surface area contributed by atoms with Crippen LogP contribution in [-0.4, -0.2) is 38.1 Å². The van der Waals surface area contributed by atoms with Gasteiger partial charge in [-0.2, -0.15) is 5.10 Å². The Labute approximate surface area is 187 Å². The van der Waals surface area contributed by atoms with E-state index in [1.807, 2.05) is 56.3 Å². The zero-order valence-corrected chi connectivity index (χ0v) is 19.1. The van der Waals surface area contributed by atoms with Gasteiger partial charge < -0.3 is 10.6 Å². The molecule has 0 radical (unpaired) electrons. The molecular weight excluding hydrogens is 466 g/mol. The van der Waals surface area contributed by atoms with Gasteiger partial charge in [0.2, 0.25) is 11.8 Å². The molecule has 0 aliphatic rings.